The van der Waals surface area contributed by atoms with E-state index in [2.05, 4.69) is 4.98 Å². The molecule has 2 amide bonds. The molecule has 7 nitrogen and oxygen atoms in total. The van der Waals surface area contributed by atoms with E-state index in [9.17, 15) is 14.0 Å². The maximum atomic E-state index is 13.3. The molecule has 25 heavy (non-hydrogen) atoms. The molecule has 2 saturated heterocycles. The van der Waals surface area contributed by atoms with Crippen molar-refractivity contribution in [2.24, 2.45) is 11.7 Å². The molecule has 2 N–H and O–H groups in total. The summed E-state index contributed by atoms with van der Waals surface area (Å²) in [4.78, 5) is 31.6. The number of likely N-dealkylation sites (tertiary alicyclic amines) is 1. The first-order chi connectivity index (χ1) is 12.0. The van der Waals surface area contributed by atoms with Crippen LogP contribution in [0, 0.1) is 11.7 Å². The Bertz CT molecular complexity index is 828. The molecule has 0 radical (unpaired) electrons. The number of nitrogens with zero attached hydrogens (tertiary/aromatic N) is 3. The third-order valence-corrected chi connectivity index (χ3v) is 5.08. The molecule has 2 aliphatic rings. The van der Waals surface area contributed by atoms with Crippen LogP contribution in [0.2, 0.25) is 0 Å². The third-order valence-electron chi connectivity index (χ3n) is 5.08. The molecule has 2 aromatic rings. The smallest absolute Gasteiger partial charge is 0.298 e. The van der Waals surface area contributed by atoms with Gasteiger partial charge in [0.15, 0.2) is 5.58 Å². The largest absolute Gasteiger partial charge is 0.423 e. The third kappa shape index (κ3) is 2.92. The van der Waals surface area contributed by atoms with Gasteiger partial charge in [-0.1, -0.05) is 0 Å². The van der Waals surface area contributed by atoms with Crippen molar-refractivity contribution >= 4 is 28.9 Å². The average molecular weight is 346 g/mol. The van der Waals surface area contributed by atoms with E-state index >= 15 is 0 Å². The zero-order chi connectivity index (χ0) is 17.6. The van der Waals surface area contributed by atoms with Crippen LogP contribution in [0.3, 0.4) is 0 Å². The number of rotatable bonds is 3. The number of nitrogens with two attached hydrogens (primary N) is 1. The maximum absolute atomic E-state index is 13.3. The fourth-order valence-electron chi connectivity index (χ4n) is 3.67. The Balaban J connectivity index is 1.42. The first-order valence-corrected chi connectivity index (χ1v) is 8.41. The van der Waals surface area contributed by atoms with Crippen molar-refractivity contribution in [1.29, 1.82) is 0 Å². The molecular formula is C17H19FN4O3. The molecular weight excluding hydrogens is 327 g/mol. The van der Waals surface area contributed by atoms with E-state index in [1.165, 1.54) is 12.1 Å². The first-order valence-electron chi connectivity index (χ1n) is 8.41. The fraction of sp³-hybridized carbons (Fsp3) is 0.471. The second-order valence-corrected chi connectivity index (χ2v) is 6.68. The number of halogens is 1. The number of carbonyl (C=O) groups excluding carboxylic acids is 2. The van der Waals surface area contributed by atoms with E-state index in [-0.39, 0.29) is 30.1 Å². The first kappa shape index (κ1) is 15.9. The van der Waals surface area contributed by atoms with Gasteiger partial charge in [0.25, 0.3) is 6.01 Å². The number of hydrogen-bond acceptors (Lipinski definition) is 5. The number of carbonyl (C=O) groups is 2. The Morgan fingerprint density at radius 2 is 2.08 bits per heavy atom. The Morgan fingerprint density at radius 3 is 2.76 bits per heavy atom. The highest BCUT2D eigenvalue weighted by atomic mass is 19.1. The van der Waals surface area contributed by atoms with Gasteiger partial charge in [-0.25, -0.2) is 4.39 Å². The Kier molecular flexibility index (Phi) is 3.82. The zero-order valence-electron chi connectivity index (χ0n) is 13.7. The number of aromatic nitrogens is 1. The van der Waals surface area contributed by atoms with E-state index in [4.69, 9.17) is 10.2 Å². The summed E-state index contributed by atoms with van der Waals surface area (Å²) in [5, 5.41) is 0. The number of hydrogen-bond donors (Lipinski definition) is 1. The number of anilines is 1. The molecule has 1 aromatic carbocycles. The predicted octanol–water partition coefficient (Wildman–Crippen LogP) is 1.27. The van der Waals surface area contributed by atoms with Gasteiger partial charge in [-0.2, -0.15) is 4.98 Å². The zero-order valence-corrected chi connectivity index (χ0v) is 13.7. The van der Waals surface area contributed by atoms with Crippen LogP contribution in [0.1, 0.15) is 19.3 Å². The number of fused-ring (bicyclic) bond motifs is 1. The summed E-state index contributed by atoms with van der Waals surface area (Å²) in [5.74, 6) is -1.14. The van der Waals surface area contributed by atoms with Crippen molar-refractivity contribution in [2.45, 2.75) is 25.3 Å². The molecule has 1 unspecified atom stereocenters. The van der Waals surface area contributed by atoms with E-state index in [1.807, 2.05) is 4.90 Å². The highest BCUT2D eigenvalue weighted by Crippen LogP contribution is 2.29. The number of benzene rings is 1. The van der Waals surface area contributed by atoms with Gasteiger partial charge in [0.2, 0.25) is 11.8 Å². The summed E-state index contributed by atoms with van der Waals surface area (Å²) >= 11 is 0. The summed E-state index contributed by atoms with van der Waals surface area (Å²) in [6.07, 6.45) is 1.75. The summed E-state index contributed by atoms with van der Waals surface area (Å²) in [5.41, 5.74) is 6.37. The van der Waals surface area contributed by atoms with Crippen molar-refractivity contribution < 1.29 is 18.4 Å². The van der Waals surface area contributed by atoms with Crippen molar-refractivity contribution in [1.82, 2.24) is 9.88 Å². The summed E-state index contributed by atoms with van der Waals surface area (Å²) in [6, 6.07) is 4.86. The molecule has 4 rings (SSSR count). The molecule has 2 aliphatic heterocycles. The van der Waals surface area contributed by atoms with Crippen molar-refractivity contribution in [2.75, 3.05) is 24.5 Å². The minimum absolute atomic E-state index is 0.000382. The monoisotopic (exact) mass is 346 g/mol. The van der Waals surface area contributed by atoms with Gasteiger partial charge >= 0.3 is 0 Å². The second-order valence-electron chi connectivity index (χ2n) is 6.68. The van der Waals surface area contributed by atoms with Crippen LogP contribution in [0.5, 0.6) is 0 Å². The van der Waals surface area contributed by atoms with Gasteiger partial charge in [-0.3, -0.25) is 9.59 Å². The van der Waals surface area contributed by atoms with Crippen LogP contribution in [0.15, 0.2) is 22.6 Å². The molecule has 2 fully saturated rings. The highest BCUT2D eigenvalue weighted by Gasteiger charge is 2.38. The number of amides is 2. The molecule has 1 aromatic heterocycles. The van der Waals surface area contributed by atoms with Crippen LogP contribution in [0.25, 0.3) is 11.1 Å². The standard InChI is InChI=1S/C17H19FN4O3/c18-11-1-2-13-14(8-11)25-17(20-13)21-5-3-12(4-6-21)22-9-10(16(19)24)7-15(22)23/h1-2,8,10,12H,3-7,9H2,(H2,19,24). The Hall–Kier alpha value is -2.64. The van der Waals surface area contributed by atoms with E-state index < -0.39 is 5.91 Å². The van der Waals surface area contributed by atoms with E-state index in [0.29, 0.717) is 36.7 Å². The van der Waals surface area contributed by atoms with Gasteiger partial charge in [0.1, 0.15) is 11.3 Å². The van der Waals surface area contributed by atoms with Gasteiger partial charge < -0.3 is 20.0 Å². The lowest BCUT2D eigenvalue weighted by Crippen LogP contribution is -2.46. The van der Waals surface area contributed by atoms with Gasteiger partial charge in [-0.15, -0.1) is 0 Å². The van der Waals surface area contributed by atoms with Gasteiger partial charge in [-0.05, 0) is 25.0 Å². The lowest BCUT2D eigenvalue weighted by Gasteiger charge is -2.36. The number of piperidine rings is 1. The normalized spacial score (nSPS) is 22.1. The lowest BCUT2D eigenvalue weighted by molar-refractivity contribution is -0.130. The van der Waals surface area contributed by atoms with Crippen LogP contribution >= 0.6 is 0 Å². The van der Waals surface area contributed by atoms with E-state index in [1.54, 1.807) is 11.0 Å². The second kappa shape index (κ2) is 6.02. The van der Waals surface area contributed by atoms with Crippen LogP contribution in [0.4, 0.5) is 10.4 Å². The molecule has 3 heterocycles. The molecule has 8 heteroatoms. The molecule has 0 aliphatic carbocycles. The van der Waals surface area contributed by atoms with Crippen LogP contribution in [-0.2, 0) is 9.59 Å². The number of primary amides is 1. The minimum Gasteiger partial charge on any atom is -0.423 e. The topological polar surface area (TPSA) is 92.7 Å². The van der Waals surface area contributed by atoms with Crippen LogP contribution in [-0.4, -0.2) is 47.4 Å². The van der Waals surface area contributed by atoms with Gasteiger partial charge in [0, 0.05) is 38.2 Å². The Morgan fingerprint density at radius 1 is 1.32 bits per heavy atom. The van der Waals surface area contributed by atoms with E-state index in [0.717, 1.165) is 12.8 Å². The van der Waals surface area contributed by atoms with Crippen molar-refractivity contribution in [3.8, 4) is 0 Å². The van der Waals surface area contributed by atoms with Crippen molar-refractivity contribution in [3.63, 3.8) is 0 Å². The molecule has 1 atom stereocenters. The maximum Gasteiger partial charge on any atom is 0.298 e. The summed E-state index contributed by atoms with van der Waals surface area (Å²) < 4.78 is 18.9. The quantitative estimate of drug-likeness (QED) is 0.903. The predicted molar refractivity (Wildman–Crippen MR) is 88.2 cm³/mol. The SMILES string of the molecule is NC(=O)C1CC(=O)N(C2CCN(c3nc4ccc(F)cc4o3)CC2)C1. The van der Waals surface area contributed by atoms with Gasteiger partial charge in [0.05, 0.1) is 5.92 Å². The molecule has 0 spiro atoms. The summed E-state index contributed by atoms with van der Waals surface area (Å²) in [6.45, 7) is 1.79. The highest BCUT2D eigenvalue weighted by molar-refractivity contribution is 5.88. The lowest BCUT2D eigenvalue weighted by atomic mass is 10.0. The van der Waals surface area contributed by atoms with Crippen molar-refractivity contribution in [3.05, 3.63) is 24.0 Å². The summed E-state index contributed by atoms with van der Waals surface area (Å²) in [7, 11) is 0. The number of oxazole rings is 1. The molecule has 132 valence electrons. The average Bonchev–Trinajstić information content (AvgIpc) is 3.18. The van der Waals surface area contributed by atoms with Crippen LogP contribution < -0.4 is 10.6 Å². The fourth-order valence-corrected chi connectivity index (χ4v) is 3.67. The molecule has 0 bridgehead atoms. The Labute approximate surface area is 143 Å². The molecule has 0 saturated carbocycles. The minimum atomic E-state index is -0.410.